The first-order valence-corrected chi connectivity index (χ1v) is 15.1. The monoisotopic (exact) mass is 663 g/mol. The van der Waals surface area contributed by atoms with Crippen LogP contribution >= 0.6 is 46.8 Å². The summed E-state index contributed by atoms with van der Waals surface area (Å²) in [4.78, 5) is 13.1. The molecule has 1 aromatic carbocycles. The Morgan fingerprint density at radius 2 is 1.95 bits per heavy atom. The normalized spacial score (nSPS) is 21.3. The predicted molar refractivity (Wildman–Crippen MR) is 160 cm³/mol. The number of amides is 1. The van der Waals surface area contributed by atoms with Gasteiger partial charge in [-0.2, -0.15) is 5.26 Å². The quantitative estimate of drug-likeness (QED) is 0.294. The number of nitriles is 1. The fourth-order valence-corrected chi connectivity index (χ4v) is 7.09. The number of carbonyl (C=O) groups is 1. The fraction of sp³-hybridized carbons (Fsp3) is 0.310. The molecule has 2 N–H and O–H groups in total. The Morgan fingerprint density at radius 1 is 1.23 bits per heavy atom. The minimum absolute atomic E-state index is 0.0468. The Morgan fingerprint density at radius 3 is 2.58 bits per heavy atom. The van der Waals surface area contributed by atoms with Gasteiger partial charge in [0.25, 0.3) is 0 Å². The third kappa shape index (κ3) is 5.69. The molecule has 2 aliphatic carbocycles. The lowest BCUT2D eigenvalue weighted by atomic mass is 9.68. The molecule has 1 saturated heterocycles. The van der Waals surface area contributed by atoms with Crippen LogP contribution in [0.4, 0.5) is 8.78 Å². The predicted octanol–water partition coefficient (Wildman–Crippen LogP) is 7.32. The summed E-state index contributed by atoms with van der Waals surface area (Å²) in [6, 6.07) is 4.72. The second kappa shape index (κ2) is 11.7. The van der Waals surface area contributed by atoms with E-state index in [2.05, 4.69) is 15.6 Å². The number of benzene rings is 1. The van der Waals surface area contributed by atoms with Crippen LogP contribution in [0.3, 0.4) is 0 Å². The highest BCUT2D eigenvalue weighted by Gasteiger charge is 2.52. The smallest absolute Gasteiger partial charge is 0.250 e. The molecule has 2 aliphatic heterocycles. The van der Waals surface area contributed by atoms with Gasteiger partial charge in [-0.25, -0.2) is 13.2 Å². The van der Waals surface area contributed by atoms with E-state index >= 15 is 0 Å². The van der Waals surface area contributed by atoms with E-state index < -0.39 is 23.0 Å². The van der Waals surface area contributed by atoms with Crippen LogP contribution in [0.15, 0.2) is 66.5 Å². The van der Waals surface area contributed by atoms with E-state index in [1.807, 2.05) is 6.08 Å². The molecule has 1 atom stereocenters. The zero-order valence-corrected chi connectivity index (χ0v) is 25.3. The van der Waals surface area contributed by atoms with Crippen molar-refractivity contribution in [1.29, 1.82) is 5.26 Å². The molecule has 8 nitrogen and oxygen atoms in total. The average molecular weight is 665 g/mol. The van der Waals surface area contributed by atoms with Crippen molar-refractivity contribution in [3.8, 4) is 17.3 Å². The van der Waals surface area contributed by atoms with Crippen LogP contribution in [-0.2, 0) is 16.1 Å². The SMILES string of the molecule is N#CC1([C@H]2CC=C(OCc3c(-c4c(Cl)cc(F)cc4Cl)noc3C3CC3)C=C2Cl)CN(C2=C(F)C=C(C(N)=O)C=NS2)C1. The van der Waals surface area contributed by atoms with Gasteiger partial charge in [-0.1, -0.05) is 40.0 Å². The van der Waals surface area contributed by atoms with Crippen LogP contribution < -0.4 is 5.73 Å². The number of nitrogens with zero attached hydrogens (tertiary/aromatic N) is 4. The van der Waals surface area contributed by atoms with Crippen molar-refractivity contribution in [1.82, 2.24) is 10.1 Å². The van der Waals surface area contributed by atoms with Gasteiger partial charge in [-0.15, -0.1) is 0 Å². The lowest BCUT2D eigenvalue weighted by molar-refractivity contribution is -0.114. The minimum atomic E-state index is -0.868. The summed E-state index contributed by atoms with van der Waals surface area (Å²) in [5.41, 5.74) is 5.76. The highest BCUT2D eigenvalue weighted by Crippen LogP contribution is 2.50. The number of primary amides is 1. The van der Waals surface area contributed by atoms with Gasteiger partial charge in [0.1, 0.15) is 40.1 Å². The van der Waals surface area contributed by atoms with Gasteiger partial charge in [-0.3, -0.25) is 4.79 Å². The summed E-state index contributed by atoms with van der Waals surface area (Å²) in [6.45, 7) is 0.525. The Kier molecular flexibility index (Phi) is 8.07. The first-order valence-electron chi connectivity index (χ1n) is 13.2. The van der Waals surface area contributed by atoms with E-state index in [1.165, 1.54) is 18.3 Å². The van der Waals surface area contributed by atoms with Gasteiger partial charge in [0.2, 0.25) is 5.91 Å². The molecule has 6 rings (SSSR count). The van der Waals surface area contributed by atoms with Crippen LogP contribution in [0.5, 0.6) is 0 Å². The van der Waals surface area contributed by atoms with Crippen molar-refractivity contribution in [3.63, 3.8) is 0 Å². The lowest BCUT2D eigenvalue weighted by Gasteiger charge is -2.51. The molecule has 0 spiro atoms. The molecule has 2 aromatic rings. The second-order valence-electron chi connectivity index (χ2n) is 10.7. The van der Waals surface area contributed by atoms with E-state index in [0.29, 0.717) is 39.8 Å². The standard InChI is InChI=1S/C29H22Cl3F2N5O3S/c30-20-8-17(41-10-18-25(38-42-26(18)14-1-2-14)24-21(31)6-16(33)7-22(24)32)3-4-19(20)29(11-35)12-39(13-29)28-23(34)5-15(27(36)40)9-37-43-28/h3,5-9,14,19H,1-2,4,10,12-13H2,(H2,36,40)/t19-/m0/s1. The Hall–Kier alpha value is -3.30. The van der Waals surface area contributed by atoms with Gasteiger partial charge in [0, 0.05) is 53.7 Å². The average Bonchev–Trinajstić information content (AvgIpc) is 3.72. The van der Waals surface area contributed by atoms with Crippen molar-refractivity contribution >= 4 is 58.9 Å². The number of aromatic nitrogens is 1. The van der Waals surface area contributed by atoms with Crippen molar-refractivity contribution < 1.29 is 22.8 Å². The first kappa shape index (κ1) is 29.8. The molecule has 0 unspecified atom stereocenters. The van der Waals surface area contributed by atoms with Gasteiger partial charge in [-0.05, 0) is 49.6 Å². The highest BCUT2D eigenvalue weighted by atomic mass is 35.5. The Balaban J connectivity index is 1.17. The van der Waals surface area contributed by atoms with Crippen LogP contribution in [-0.4, -0.2) is 35.3 Å². The summed E-state index contributed by atoms with van der Waals surface area (Å²) < 4.78 is 44.5. The number of rotatable bonds is 8. The van der Waals surface area contributed by atoms with E-state index in [4.69, 9.17) is 49.8 Å². The summed E-state index contributed by atoms with van der Waals surface area (Å²) in [6.07, 6.45) is 8.10. The van der Waals surface area contributed by atoms with E-state index in [9.17, 15) is 18.8 Å². The number of likely N-dealkylation sites (tertiary alicyclic amines) is 1. The molecule has 14 heteroatoms. The number of hydrogen-bond donors (Lipinski definition) is 1. The molecule has 222 valence electrons. The zero-order valence-electron chi connectivity index (χ0n) is 22.3. The maximum absolute atomic E-state index is 14.9. The van der Waals surface area contributed by atoms with Gasteiger partial charge in [0.15, 0.2) is 5.83 Å². The number of hydrogen-bond acceptors (Lipinski definition) is 8. The van der Waals surface area contributed by atoms with Crippen molar-refractivity contribution in [2.24, 2.45) is 21.5 Å². The summed E-state index contributed by atoms with van der Waals surface area (Å²) in [7, 11) is 0. The molecule has 2 fully saturated rings. The molecule has 43 heavy (non-hydrogen) atoms. The van der Waals surface area contributed by atoms with Crippen molar-refractivity contribution in [3.05, 3.63) is 84.8 Å². The maximum atomic E-state index is 14.9. The van der Waals surface area contributed by atoms with E-state index in [-0.39, 0.29) is 52.2 Å². The van der Waals surface area contributed by atoms with Crippen LogP contribution in [0, 0.1) is 28.5 Å². The molecule has 0 bridgehead atoms. The maximum Gasteiger partial charge on any atom is 0.250 e. The molecule has 1 saturated carbocycles. The molecular formula is C29H22Cl3F2N5O3S. The van der Waals surface area contributed by atoms with E-state index in [0.717, 1.165) is 30.9 Å². The molecule has 0 radical (unpaired) electrons. The molecule has 4 aliphatic rings. The summed E-state index contributed by atoms with van der Waals surface area (Å²) >= 11 is 20.3. The second-order valence-corrected chi connectivity index (χ2v) is 12.7. The number of halogens is 5. The highest BCUT2D eigenvalue weighted by molar-refractivity contribution is 8.01. The first-order chi connectivity index (χ1) is 20.6. The number of nitrogens with two attached hydrogens (primary N) is 1. The molecule has 3 heterocycles. The Bertz CT molecular complexity index is 1690. The van der Waals surface area contributed by atoms with Crippen LogP contribution in [0.25, 0.3) is 11.3 Å². The lowest BCUT2D eigenvalue weighted by Crippen LogP contribution is -2.58. The summed E-state index contributed by atoms with van der Waals surface area (Å²) in [5.74, 6) is -0.957. The third-order valence-electron chi connectivity index (χ3n) is 7.79. The van der Waals surface area contributed by atoms with E-state index in [1.54, 1.807) is 11.0 Å². The zero-order chi connectivity index (χ0) is 30.5. The topological polar surface area (TPSA) is 118 Å². The summed E-state index contributed by atoms with van der Waals surface area (Å²) in [5, 5.41) is 15.2. The number of ether oxygens (including phenoxy) is 1. The van der Waals surface area contributed by atoms with Crippen molar-refractivity contribution in [2.75, 3.05) is 13.1 Å². The van der Waals surface area contributed by atoms with Crippen LogP contribution in [0.2, 0.25) is 10.0 Å². The molecular weight excluding hydrogens is 643 g/mol. The fourth-order valence-electron chi connectivity index (χ4n) is 5.38. The van der Waals surface area contributed by atoms with Gasteiger partial charge in [0.05, 0.1) is 27.3 Å². The Labute approximate surface area is 264 Å². The molecule has 1 aromatic heterocycles. The number of carbonyl (C=O) groups excluding carboxylic acids is 1. The van der Waals surface area contributed by atoms with Crippen LogP contribution in [0.1, 0.15) is 36.5 Å². The van der Waals surface area contributed by atoms with Gasteiger partial charge < -0.3 is 19.9 Å². The number of allylic oxidation sites excluding steroid dienone is 5. The largest absolute Gasteiger partial charge is 0.489 e. The van der Waals surface area contributed by atoms with Crippen molar-refractivity contribution in [2.45, 2.75) is 31.8 Å². The third-order valence-corrected chi connectivity index (χ3v) is 9.59. The minimum Gasteiger partial charge on any atom is -0.489 e. The molecule has 1 amide bonds. The van der Waals surface area contributed by atoms with Gasteiger partial charge >= 0.3 is 0 Å².